The summed E-state index contributed by atoms with van der Waals surface area (Å²) in [5.74, 6) is -0.157. The molecule has 0 heterocycles. The molecule has 0 aromatic heterocycles. The van der Waals surface area contributed by atoms with Gasteiger partial charge >= 0.3 is 6.18 Å². The topological polar surface area (TPSA) is 17.1 Å². The van der Waals surface area contributed by atoms with E-state index in [9.17, 15) is 18.0 Å². The van der Waals surface area contributed by atoms with Crippen molar-refractivity contribution in [1.29, 1.82) is 0 Å². The largest absolute Gasteiger partial charge is 0.389 e. The van der Waals surface area contributed by atoms with E-state index in [4.69, 9.17) is 0 Å². The third kappa shape index (κ3) is 7.71. The Kier molecular flexibility index (Phi) is 4.56. The fraction of sp³-hybridized carbons (Fsp3) is 0.833. The van der Waals surface area contributed by atoms with Crippen molar-refractivity contribution in [3.63, 3.8) is 0 Å². The van der Waals surface area contributed by atoms with E-state index < -0.39 is 12.6 Å². The van der Waals surface area contributed by atoms with Gasteiger partial charge in [0.25, 0.3) is 0 Å². The molecular weight excluding hydrogens is 177 g/mol. The Hall–Kier alpha value is -0.190. The van der Waals surface area contributed by atoms with Crippen LogP contribution in [0.4, 0.5) is 13.2 Å². The van der Waals surface area contributed by atoms with Crippen molar-refractivity contribution >= 4 is 16.9 Å². The molecule has 0 unspecified atom stereocenters. The monoisotopic (exact) mass is 186 g/mol. The van der Waals surface area contributed by atoms with Crippen LogP contribution in [0.15, 0.2) is 0 Å². The molecule has 0 aliphatic heterocycles. The van der Waals surface area contributed by atoms with Crippen LogP contribution in [0.25, 0.3) is 0 Å². The molecule has 0 aliphatic rings. The number of alkyl halides is 3. The van der Waals surface area contributed by atoms with Crippen LogP contribution in [0.3, 0.4) is 0 Å². The second-order valence-electron chi connectivity index (χ2n) is 1.94. The summed E-state index contributed by atoms with van der Waals surface area (Å²) in [6.07, 6.45) is -4.73. The standard InChI is InChI=1S/C6H9F3OS/c1-2-5(10)11-4-3-6(7,8)9/h2-4H2,1H3. The zero-order valence-electron chi connectivity index (χ0n) is 6.07. The number of carbonyl (C=O) groups is 1. The van der Waals surface area contributed by atoms with Gasteiger partial charge < -0.3 is 0 Å². The molecule has 0 aromatic carbocycles. The van der Waals surface area contributed by atoms with Crippen molar-refractivity contribution in [3.05, 3.63) is 0 Å². The lowest BCUT2D eigenvalue weighted by Gasteiger charge is -2.03. The predicted molar refractivity (Wildman–Crippen MR) is 38.4 cm³/mol. The first kappa shape index (κ1) is 10.8. The summed E-state index contributed by atoms with van der Waals surface area (Å²) < 4.78 is 34.5. The van der Waals surface area contributed by atoms with Crippen LogP contribution in [-0.2, 0) is 4.79 Å². The number of hydrogen-bond donors (Lipinski definition) is 0. The van der Waals surface area contributed by atoms with Crippen LogP contribution in [0, 0.1) is 0 Å². The molecule has 0 amide bonds. The molecule has 0 rings (SSSR count). The van der Waals surface area contributed by atoms with Crippen LogP contribution in [0.5, 0.6) is 0 Å². The second-order valence-corrected chi connectivity index (χ2v) is 3.09. The summed E-state index contributed by atoms with van der Waals surface area (Å²) in [6, 6.07) is 0. The van der Waals surface area contributed by atoms with E-state index in [0.717, 1.165) is 11.8 Å². The average Bonchev–Trinajstić information content (AvgIpc) is 1.85. The molecule has 66 valence electrons. The lowest BCUT2D eigenvalue weighted by Crippen LogP contribution is -2.08. The van der Waals surface area contributed by atoms with E-state index in [1.165, 1.54) is 0 Å². The fourth-order valence-corrected chi connectivity index (χ4v) is 1.15. The molecule has 5 heteroatoms. The van der Waals surface area contributed by atoms with E-state index in [1.807, 2.05) is 0 Å². The van der Waals surface area contributed by atoms with Gasteiger partial charge in [-0.2, -0.15) is 13.2 Å². The van der Waals surface area contributed by atoms with Crippen LogP contribution in [0.1, 0.15) is 19.8 Å². The van der Waals surface area contributed by atoms with Gasteiger partial charge in [0.2, 0.25) is 0 Å². The van der Waals surface area contributed by atoms with Crippen molar-refractivity contribution in [1.82, 2.24) is 0 Å². The molecular formula is C6H9F3OS. The van der Waals surface area contributed by atoms with Gasteiger partial charge in [-0.25, -0.2) is 0 Å². The van der Waals surface area contributed by atoms with Gasteiger partial charge in [0.05, 0.1) is 6.42 Å². The highest BCUT2D eigenvalue weighted by atomic mass is 32.2. The molecule has 0 atom stereocenters. The molecule has 1 nitrogen and oxygen atoms in total. The van der Waals surface area contributed by atoms with Crippen molar-refractivity contribution in [2.45, 2.75) is 25.9 Å². The molecule has 0 saturated carbocycles. The summed E-state index contributed by atoms with van der Waals surface area (Å²) in [5.41, 5.74) is 0. The maximum atomic E-state index is 11.5. The Balaban J connectivity index is 3.35. The number of hydrogen-bond acceptors (Lipinski definition) is 2. The highest BCUT2D eigenvalue weighted by Gasteiger charge is 2.26. The minimum absolute atomic E-state index is 0.157. The molecule has 0 aromatic rings. The third-order valence-electron chi connectivity index (χ3n) is 0.937. The zero-order valence-corrected chi connectivity index (χ0v) is 6.89. The van der Waals surface area contributed by atoms with Gasteiger partial charge in [-0.3, -0.25) is 4.79 Å². The van der Waals surface area contributed by atoms with Gasteiger partial charge in [-0.1, -0.05) is 18.7 Å². The highest BCUT2D eigenvalue weighted by molar-refractivity contribution is 8.13. The number of carbonyl (C=O) groups excluding carboxylic acids is 1. The number of rotatable bonds is 3. The molecule has 0 aliphatic carbocycles. The van der Waals surface area contributed by atoms with E-state index in [2.05, 4.69) is 0 Å². The third-order valence-corrected chi connectivity index (χ3v) is 1.96. The summed E-state index contributed by atoms with van der Waals surface area (Å²) in [6.45, 7) is 1.63. The zero-order chi connectivity index (χ0) is 8.91. The minimum atomic E-state index is -4.14. The van der Waals surface area contributed by atoms with Crippen LogP contribution >= 0.6 is 11.8 Å². The highest BCUT2D eigenvalue weighted by Crippen LogP contribution is 2.22. The Bertz CT molecular complexity index is 132. The van der Waals surface area contributed by atoms with Crippen molar-refractivity contribution < 1.29 is 18.0 Å². The lowest BCUT2D eigenvalue weighted by molar-refractivity contribution is -0.129. The van der Waals surface area contributed by atoms with Gasteiger partial charge in [0.15, 0.2) is 5.12 Å². The van der Waals surface area contributed by atoms with E-state index in [0.29, 0.717) is 6.42 Å². The summed E-state index contributed by atoms with van der Waals surface area (Å²) in [7, 11) is 0. The molecule has 0 saturated heterocycles. The maximum Gasteiger partial charge on any atom is 0.389 e. The van der Waals surface area contributed by atoms with Gasteiger partial charge in [-0.15, -0.1) is 0 Å². The quantitative estimate of drug-likeness (QED) is 0.673. The molecule has 0 bridgehead atoms. The van der Waals surface area contributed by atoms with E-state index >= 15 is 0 Å². The van der Waals surface area contributed by atoms with Crippen LogP contribution < -0.4 is 0 Å². The first-order valence-electron chi connectivity index (χ1n) is 3.18. The van der Waals surface area contributed by atoms with Crippen molar-refractivity contribution in [2.24, 2.45) is 0 Å². The summed E-state index contributed by atoms with van der Waals surface area (Å²) in [5, 5.41) is -0.186. The van der Waals surface area contributed by atoms with E-state index in [1.54, 1.807) is 6.92 Å². The van der Waals surface area contributed by atoms with E-state index in [-0.39, 0.29) is 10.9 Å². The Morgan fingerprint density at radius 1 is 1.45 bits per heavy atom. The minimum Gasteiger partial charge on any atom is -0.287 e. The molecule has 0 radical (unpaired) electrons. The number of thioether (sulfide) groups is 1. The summed E-state index contributed by atoms with van der Waals surface area (Å²) in [4.78, 5) is 10.5. The summed E-state index contributed by atoms with van der Waals surface area (Å²) >= 11 is 0.744. The predicted octanol–water partition coefficient (Wildman–Crippen LogP) is 2.61. The Labute approximate surface area is 67.3 Å². The second kappa shape index (κ2) is 4.64. The van der Waals surface area contributed by atoms with Crippen LogP contribution in [-0.4, -0.2) is 17.0 Å². The maximum absolute atomic E-state index is 11.5. The Morgan fingerprint density at radius 2 is 2.00 bits per heavy atom. The molecule has 0 fully saturated rings. The Morgan fingerprint density at radius 3 is 2.36 bits per heavy atom. The first-order valence-corrected chi connectivity index (χ1v) is 4.16. The normalized spacial score (nSPS) is 11.6. The van der Waals surface area contributed by atoms with Crippen LogP contribution in [0.2, 0.25) is 0 Å². The molecule has 0 N–H and O–H groups in total. The number of halogens is 3. The molecule has 11 heavy (non-hydrogen) atoms. The van der Waals surface area contributed by atoms with Gasteiger partial charge in [0, 0.05) is 12.2 Å². The average molecular weight is 186 g/mol. The van der Waals surface area contributed by atoms with Crippen molar-refractivity contribution in [2.75, 3.05) is 5.75 Å². The van der Waals surface area contributed by atoms with Gasteiger partial charge in [0.1, 0.15) is 0 Å². The first-order chi connectivity index (χ1) is 4.95. The molecule has 0 spiro atoms. The smallest absolute Gasteiger partial charge is 0.287 e. The SMILES string of the molecule is CCC(=O)SCCC(F)(F)F. The van der Waals surface area contributed by atoms with Crippen molar-refractivity contribution in [3.8, 4) is 0 Å². The lowest BCUT2D eigenvalue weighted by atomic mass is 10.5. The van der Waals surface area contributed by atoms with Gasteiger partial charge in [-0.05, 0) is 0 Å². The fourth-order valence-electron chi connectivity index (χ4n) is 0.383.